The molecule has 2 aromatic rings. The van der Waals surface area contributed by atoms with Crippen LogP contribution in [0.4, 0.5) is 5.69 Å². The van der Waals surface area contributed by atoms with Gasteiger partial charge in [-0.25, -0.2) is 4.68 Å². The van der Waals surface area contributed by atoms with Gasteiger partial charge in [-0.15, -0.1) is 0 Å². The number of hydrogen-bond acceptors (Lipinski definition) is 5. The fourth-order valence-corrected chi connectivity index (χ4v) is 2.95. The van der Waals surface area contributed by atoms with Crippen LogP contribution >= 0.6 is 0 Å². The summed E-state index contributed by atoms with van der Waals surface area (Å²) in [4.78, 5) is 28.6. The van der Waals surface area contributed by atoms with Crippen molar-refractivity contribution in [2.75, 3.05) is 37.7 Å². The Labute approximate surface area is 152 Å². The largest absolute Gasteiger partial charge is 0.493 e. The lowest BCUT2D eigenvalue weighted by Gasteiger charge is -2.36. The quantitative estimate of drug-likeness (QED) is 0.813. The number of para-hydroxylation sites is 1. The van der Waals surface area contributed by atoms with E-state index < -0.39 is 0 Å². The molecule has 0 bridgehead atoms. The minimum atomic E-state index is -0.136. The average Bonchev–Trinajstić information content (AvgIpc) is 2.68. The van der Waals surface area contributed by atoms with Crippen LogP contribution in [0.2, 0.25) is 0 Å². The van der Waals surface area contributed by atoms with Crippen LogP contribution < -0.4 is 15.2 Å². The molecule has 1 amide bonds. The first kappa shape index (κ1) is 18.0. The third-order valence-corrected chi connectivity index (χ3v) is 4.46. The van der Waals surface area contributed by atoms with E-state index in [0.29, 0.717) is 44.1 Å². The Bertz CT molecular complexity index is 826. The normalized spacial score (nSPS) is 14.4. The molecule has 0 N–H and O–H groups in total. The SMILES string of the molecule is CCCOc1ccccc1C(=O)N1CCN(c2cnn(C)c(=O)c2)CC1. The number of anilines is 1. The van der Waals surface area contributed by atoms with Crippen molar-refractivity contribution in [2.24, 2.45) is 7.05 Å². The van der Waals surface area contributed by atoms with E-state index in [-0.39, 0.29) is 11.5 Å². The van der Waals surface area contributed by atoms with Crippen molar-refractivity contribution < 1.29 is 9.53 Å². The van der Waals surface area contributed by atoms with Crippen molar-refractivity contribution in [1.82, 2.24) is 14.7 Å². The minimum Gasteiger partial charge on any atom is -0.493 e. The van der Waals surface area contributed by atoms with Gasteiger partial charge in [-0.3, -0.25) is 9.59 Å². The highest BCUT2D eigenvalue weighted by Crippen LogP contribution is 2.22. The van der Waals surface area contributed by atoms with Crippen molar-refractivity contribution in [3.05, 3.63) is 52.4 Å². The number of ether oxygens (including phenoxy) is 1. The number of amides is 1. The Morgan fingerprint density at radius 1 is 1.19 bits per heavy atom. The van der Waals surface area contributed by atoms with Gasteiger partial charge in [0.15, 0.2) is 0 Å². The second-order valence-corrected chi connectivity index (χ2v) is 6.30. The summed E-state index contributed by atoms with van der Waals surface area (Å²) in [5.41, 5.74) is 1.26. The molecular weight excluding hydrogens is 332 g/mol. The third-order valence-electron chi connectivity index (χ3n) is 4.46. The van der Waals surface area contributed by atoms with Crippen LogP contribution in [0.5, 0.6) is 5.75 Å². The van der Waals surface area contributed by atoms with Crippen LogP contribution in [0.25, 0.3) is 0 Å². The van der Waals surface area contributed by atoms with Crippen LogP contribution in [-0.4, -0.2) is 53.4 Å². The Morgan fingerprint density at radius 2 is 1.92 bits per heavy atom. The smallest absolute Gasteiger partial charge is 0.268 e. The van der Waals surface area contributed by atoms with Crippen LogP contribution in [0, 0.1) is 0 Å². The van der Waals surface area contributed by atoms with Crippen LogP contribution in [0.3, 0.4) is 0 Å². The molecule has 26 heavy (non-hydrogen) atoms. The standard InChI is InChI=1S/C19H24N4O3/c1-3-12-26-17-7-5-4-6-16(17)19(25)23-10-8-22(9-11-23)15-13-18(24)21(2)20-14-15/h4-7,13-14H,3,8-12H2,1-2H3. The molecule has 0 aliphatic carbocycles. The van der Waals surface area contributed by atoms with Crippen molar-refractivity contribution >= 4 is 11.6 Å². The number of rotatable bonds is 5. The molecule has 1 aliphatic rings. The van der Waals surface area contributed by atoms with E-state index >= 15 is 0 Å². The van der Waals surface area contributed by atoms with Crippen molar-refractivity contribution in [2.45, 2.75) is 13.3 Å². The fourth-order valence-electron chi connectivity index (χ4n) is 2.95. The van der Waals surface area contributed by atoms with E-state index in [4.69, 9.17) is 4.74 Å². The third kappa shape index (κ3) is 3.87. The molecule has 0 radical (unpaired) electrons. The van der Waals surface area contributed by atoms with E-state index in [2.05, 4.69) is 10.00 Å². The maximum Gasteiger partial charge on any atom is 0.268 e. The van der Waals surface area contributed by atoms with Gasteiger partial charge in [0.25, 0.3) is 11.5 Å². The summed E-state index contributed by atoms with van der Waals surface area (Å²) in [6.45, 7) is 5.15. The van der Waals surface area contributed by atoms with Gasteiger partial charge in [0.05, 0.1) is 24.1 Å². The van der Waals surface area contributed by atoms with Gasteiger partial charge in [0.2, 0.25) is 0 Å². The number of hydrogen-bond donors (Lipinski definition) is 0. The Kier molecular flexibility index (Phi) is 5.55. The second-order valence-electron chi connectivity index (χ2n) is 6.30. The van der Waals surface area contributed by atoms with Crippen molar-refractivity contribution in [1.29, 1.82) is 0 Å². The van der Waals surface area contributed by atoms with Crippen molar-refractivity contribution in [3.63, 3.8) is 0 Å². The molecule has 1 aliphatic heterocycles. The monoisotopic (exact) mass is 356 g/mol. The van der Waals surface area contributed by atoms with Gasteiger partial charge in [0, 0.05) is 39.3 Å². The maximum atomic E-state index is 12.9. The molecule has 1 saturated heterocycles. The zero-order valence-corrected chi connectivity index (χ0v) is 15.2. The number of aromatic nitrogens is 2. The lowest BCUT2D eigenvalue weighted by Crippen LogP contribution is -2.49. The van der Waals surface area contributed by atoms with Gasteiger partial charge < -0.3 is 14.5 Å². The first-order valence-corrected chi connectivity index (χ1v) is 8.89. The number of aryl methyl sites for hydroxylation is 1. The summed E-state index contributed by atoms with van der Waals surface area (Å²) < 4.78 is 7.01. The molecule has 0 unspecified atom stereocenters. The molecule has 0 atom stereocenters. The number of carbonyl (C=O) groups is 1. The molecule has 7 heteroatoms. The van der Waals surface area contributed by atoms with E-state index in [1.165, 1.54) is 4.68 Å². The second kappa shape index (κ2) is 8.03. The summed E-state index contributed by atoms with van der Waals surface area (Å²) in [5, 5.41) is 4.06. The molecule has 2 heterocycles. The number of carbonyl (C=O) groups excluding carboxylic acids is 1. The highest BCUT2D eigenvalue weighted by Gasteiger charge is 2.24. The summed E-state index contributed by atoms with van der Waals surface area (Å²) in [7, 11) is 1.63. The Hall–Kier alpha value is -2.83. The molecule has 1 fully saturated rings. The van der Waals surface area contributed by atoms with Gasteiger partial charge in [-0.05, 0) is 18.6 Å². The highest BCUT2D eigenvalue weighted by atomic mass is 16.5. The Morgan fingerprint density at radius 3 is 2.62 bits per heavy atom. The lowest BCUT2D eigenvalue weighted by molar-refractivity contribution is 0.0742. The van der Waals surface area contributed by atoms with Crippen LogP contribution in [0.1, 0.15) is 23.7 Å². The molecule has 1 aromatic heterocycles. The van der Waals surface area contributed by atoms with Crippen LogP contribution in [-0.2, 0) is 7.05 Å². The first-order chi connectivity index (χ1) is 12.6. The van der Waals surface area contributed by atoms with E-state index in [0.717, 1.165) is 12.1 Å². The molecule has 0 saturated carbocycles. The van der Waals surface area contributed by atoms with E-state index in [9.17, 15) is 9.59 Å². The van der Waals surface area contributed by atoms with E-state index in [1.54, 1.807) is 19.3 Å². The van der Waals surface area contributed by atoms with Gasteiger partial charge in [-0.2, -0.15) is 5.10 Å². The molecule has 138 valence electrons. The molecule has 0 spiro atoms. The van der Waals surface area contributed by atoms with Gasteiger partial charge in [0.1, 0.15) is 5.75 Å². The predicted molar refractivity (Wildman–Crippen MR) is 99.8 cm³/mol. The lowest BCUT2D eigenvalue weighted by atomic mass is 10.1. The number of nitrogens with zero attached hydrogens (tertiary/aromatic N) is 4. The zero-order valence-electron chi connectivity index (χ0n) is 15.2. The average molecular weight is 356 g/mol. The van der Waals surface area contributed by atoms with Gasteiger partial charge in [-0.1, -0.05) is 19.1 Å². The fraction of sp³-hybridized carbons (Fsp3) is 0.421. The summed E-state index contributed by atoms with van der Waals surface area (Å²) in [5.74, 6) is 0.621. The zero-order chi connectivity index (χ0) is 18.5. The summed E-state index contributed by atoms with van der Waals surface area (Å²) >= 11 is 0. The predicted octanol–water partition coefficient (Wildman–Crippen LogP) is 1.53. The minimum absolute atomic E-state index is 0.0153. The Balaban J connectivity index is 1.67. The highest BCUT2D eigenvalue weighted by molar-refractivity contribution is 5.97. The summed E-state index contributed by atoms with van der Waals surface area (Å²) in [6, 6.07) is 8.96. The molecular formula is C19H24N4O3. The van der Waals surface area contributed by atoms with Crippen LogP contribution in [0.15, 0.2) is 41.3 Å². The topological polar surface area (TPSA) is 67.7 Å². The molecule has 7 nitrogen and oxygen atoms in total. The molecule has 3 rings (SSSR count). The summed E-state index contributed by atoms with van der Waals surface area (Å²) in [6.07, 6.45) is 2.58. The maximum absolute atomic E-state index is 12.9. The number of benzene rings is 1. The van der Waals surface area contributed by atoms with Crippen molar-refractivity contribution in [3.8, 4) is 5.75 Å². The molecule has 1 aromatic carbocycles. The van der Waals surface area contributed by atoms with Gasteiger partial charge >= 0.3 is 0 Å². The number of piperazine rings is 1. The van der Waals surface area contributed by atoms with E-state index in [1.807, 2.05) is 36.1 Å². The first-order valence-electron chi connectivity index (χ1n) is 8.89.